The minimum atomic E-state index is -4.37. The number of rotatable bonds is 15. The second kappa shape index (κ2) is 16.8. The summed E-state index contributed by atoms with van der Waals surface area (Å²) >= 11 is 0. The number of hydrazone groups is 2. The van der Waals surface area contributed by atoms with Crippen LogP contribution in [-0.2, 0) is 29.8 Å². The molecule has 14 nitrogen and oxygen atoms in total. The number of ether oxygens (including phenoxy) is 2. The largest absolute Gasteiger partial charge is 0.490 e. The Balaban J connectivity index is 1.03. The molecular weight excluding hydrogens is 761 g/mol. The average molecular weight is 799 g/mol. The molecule has 4 aromatic carbocycles. The van der Waals surface area contributed by atoms with E-state index in [4.69, 9.17) is 9.47 Å². The molecule has 0 atom stereocenters. The highest BCUT2D eigenvalue weighted by Crippen LogP contribution is 2.30. The maximum Gasteiger partial charge on any atom is 0.294 e. The van der Waals surface area contributed by atoms with Crippen molar-refractivity contribution in [2.24, 2.45) is 10.2 Å². The fourth-order valence-electron chi connectivity index (χ4n) is 5.89. The lowest BCUT2D eigenvalue weighted by Crippen LogP contribution is -2.21. The Kier molecular flexibility index (Phi) is 11.9. The van der Waals surface area contributed by atoms with Gasteiger partial charge in [-0.3, -0.25) is 18.7 Å². The molecule has 0 saturated carbocycles. The molecule has 0 saturated heterocycles. The summed E-state index contributed by atoms with van der Waals surface area (Å²) in [5, 5.41) is 11.4. The molecule has 0 unspecified atom stereocenters. The average Bonchev–Trinajstić information content (AvgIpc) is 3.65. The Labute approximate surface area is 324 Å². The Morgan fingerprint density at radius 2 is 0.893 bits per heavy atom. The highest BCUT2D eigenvalue weighted by molar-refractivity contribution is 7.86. The van der Waals surface area contributed by atoms with Gasteiger partial charge in [-0.05, 0) is 109 Å². The lowest BCUT2D eigenvalue weighted by atomic mass is 10.0. The number of hydrogen-bond acceptors (Lipinski definition) is 10. The molecule has 0 aromatic heterocycles. The third kappa shape index (κ3) is 9.29. The standard InChI is InChI=1S/C40H38N4O10S2/c1-3-5-37-35(39(45)43(41-37)29-11-19-33(20-12-29)55(47,48)49)25-27-7-15-31(16-8-27)53-23-24-54-32-17-9-28(10-18-32)26-36-38(6-4-2)42-44(40(36)46)30-13-21-34(22-14-30)56(50,51)52/h7-22,25-26H,3-6,23-24H2,1-2H3,(H,47,48,49)(H,50,51,52). The van der Waals surface area contributed by atoms with Crippen molar-refractivity contribution < 1.29 is 45.0 Å². The van der Waals surface area contributed by atoms with Gasteiger partial charge in [-0.25, -0.2) is 0 Å². The van der Waals surface area contributed by atoms with E-state index in [1.54, 1.807) is 36.4 Å². The van der Waals surface area contributed by atoms with Gasteiger partial charge >= 0.3 is 0 Å². The Morgan fingerprint density at radius 3 is 1.20 bits per heavy atom. The normalized spacial score (nSPS) is 16.1. The van der Waals surface area contributed by atoms with E-state index in [0.29, 0.717) is 58.3 Å². The van der Waals surface area contributed by atoms with Crippen molar-refractivity contribution in [2.75, 3.05) is 23.2 Å². The van der Waals surface area contributed by atoms with Crippen molar-refractivity contribution in [1.29, 1.82) is 0 Å². The molecule has 2 heterocycles. The van der Waals surface area contributed by atoms with Gasteiger partial charge in [0, 0.05) is 0 Å². The summed E-state index contributed by atoms with van der Waals surface area (Å²) in [4.78, 5) is 26.2. The zero-order chi connectivity index (χ0) is 40.0. The van der Waals surface area contributed by atoms with Gasteiger partial charge in [0.25, 0.3) is 32.1 Å². The number of carbonyl (C=O) groups excluding carboxylic acids is 2. The molecule has 2 aliphatic rings. The molecule has 0 aliphatic carbocycles. The van der Waals surface area contributed by atoms with Crippen LogP contribution in [0.2, 0.25) is 0 Å². The van der Waals surface area contributed by atoms with Crippen LogP contribution in [0.4, 0.5) is 11.4 Å². The second-order valence-electron chi connectivity index (χ2n) is 12.7. The van der Waals surface area contributed by atoms with E-state index >= 15 is 0 Å². The number of hydrogen-bond donors (Lipinski definition) is 2. The predicted octanol–water partition coefficient (Wildman–Crippen LogP) is 6.81. The van der Waals surface area contributed by atoms with E-state index in [1.165, 1.54) is 58.5 Å². The van der Waals surface area contributed by atoms with Crippen molar-refractivity contribution in [2.45, 2.75) is 49.3 Å². The Hall–Kier alpha value is -5.94. The first kappa shape index (κ1) is 39.7. The van der Waals surface area contributed by atoms with Gasteiger partial charge in [0.2, 0.25) is 0 Å². The smallest absolute Gasteiger partial charge is 0.294 e. The summed E-state index contributed by atoms with van der Waals surface area (Å²) in [6.45, 7) is 4.48. The van der Waals surface area contributed by atoms with Gasteiger partial charge < -0.3 is 9.47 Å². The number of carbonyl (C=O) groups is 2. The predicted molar refractivity (Wildman–Crippen MR) is 212 cm³/mol. The molecule has 2 aliphatic heterocycles. The Bertz CT molecular complexity index is 2280. The van der Waals surface area contributed by atoms with Crippen molar-refractivity contribution in [3.63, 3.8) is 0 Å². The summed E-state index contributed by atoms with van der Waals surface area (Å²) in [6.07, 6.45) is 6.14. The van der Waals surface area contributed by atoms with E-state index in [9.17, 15) is 35.5 Å². The molecule has 6 rings (SSSR count). The summed E-state index contributed by atoms with van der Waals surface area (Å²) in [5.74, 6) is 0.502. The lowest BCUT2D eigenvalue weighted by Gasteiger charge is -2.12. The quantitative estimate of drug-likeness (QED) is 0.0734. The van der Waals surface area contributed by atoms with Gasteiger partial charge in [-0.15, -0.1) is 0 Å². The highest BCUT2D eigenvalue weighted by Gasteiger charge is 2.32. The first-order valence-electron chi connectivity index (χ1n) is 17.6. The van der Waals surface area contributed by atoms with Gasteiger partial charge in [0.1, 0.15) is 24.7 Å². The molecular formula is C40H38N4O10S2. The van der Waals surface area contributed by atoms with E-state index < -0.39 is 20.2 Å². The highest BCUT2D eigenvalue weighted by atomic mass is 32.2. The lowest BCUT2D eigenvalue weighted by molar-refractivity contribution is -0.115. The maximum atomic E-state index is 13.4. The summed E-state index contributed by atoms with van der Waals surface area (Å²) in [6, 6.07) is 24.9. The van der Waals surface area contributed by atoms with E-state index in [-0.39, 0.29) is 34.8 Å². The summed E-state index contributed by atoms with van der Waals surface area (Å²) in [5.41, 5.74) is 4.32. The minimum Gasteiger partial charge on any atom is -0.490 e. The van der Waals surface area contributed by atoms with Gasteiger partial charge in [-0.1, -0.05) is 51.0 Å². The molecule has 56 heavy (non-hydrogen) atoms. The zero-order valence-electron chi connectivity index (χ0n) is 30.4. The van der Waals surface area contributed by atoms with Gasteiger partial charge in [0.05, 0.1) is 43.7 Å². The summed E-state index contributed by atoms with van der Waals surface area (Å²) in [7, 11) is -8.74. The van der Waals surface area contributed by atoms with E-state index in [2.05, 4.69) is 10.2 Å². The fourth-order valence-corrected chi connectivity index (χ4v) is 6.85. The third-order valence-electron chi connectivity index (χ3n) is 8.64. The molecule has 4 aromatic rings. The third-order valence-corrected chi connectivity index (χ3v) is 10.4. The maximum absolute atomic E-state index is 13.4. The van der Waals surface area contributed by atoms with Crippen LogP contribution in [0.5, 0.6) is 11.5 Å². The van der Waals surface area contributed by atoms with Crippen LogP contribution in [0.25, 0.3) is 12.2 Å². The van der Waals surface area contributed by atoms with Crippen LogP contribution in [0.3, 0.4) is 0 Å². The van der Waals surface area contributed by atoms with Crippen LogP contribution in [0.15, 0.2) is 128 Å². The van der Waals surface area contributed by atoms with E-state index in [0.717, 1.165) is 24.0 Å². The van der Waals surface area contributed by atoms with Crippen LogP contribution in [0, 0.1) is 0 Å². The van der Waals surface area contributed by atoms with Crippen LogP contribution < -0.4 is 19.5 Å². The van der Waals surface area contributed by atoms with Crippen LogP contribution in [-0.4, -0.2) is 62.4 Å². The molecule has 290 valence electrons. The number of anilines is 2. The number of nitrogens with zero attached hydrogens (tertiary/aromatic N) is 4. The molecule has 0 bridgehead atoms. The monoisotopic (exact) mass is 798 g/mol. The van der Waals surface area contributed by atoms with Gasteiger partial charge in [-0.2, -0.15) is 37.1 Å². The zero-order valence-corrected chi connectivity index (χ0v) is 32.0. The Morgan fingerprint density at radius 1 is 0.554 bits per heavy atom. The molecule has 2 amide bonds. The number of amides is 2. The molecule has 0 radical (unpaired) electrons. The first-order chi connectivity index (χ1) is 26.7. The van der Waals surface area contributed by atoms with Crippen LogP contribution >= 0.6 is 0 Å². The van der Waals surface area contributed by atoms with Crippen molar-refractivity contribution in [1.82, 2.24) is 0 Å². The first-order valence-corrected chi connectivity index (χ1v) is 20.5. The fraction of sp³-hybridized carbons (Fsp3) is 0.200. The molecule has 0 spiro atoms. The van der Waals surface area contributed by atoms with E-state index in [1.807, 2.05) is 38.1 Å². The van der Waals surface area contributed by atoms with Gasteiger partial charge in [0.15, 0.2) is 0 Å². The van der Waals surface area contributed by atoms with Crippen molar-refractivity contribution in [3.05, 3.63) is 119 Å². The molecule has 16 heteroatoms. The molecule has 2 N–H and O–H groups in total. The van der Waals surface area contributed by atoms with Crippen molar-refractivity contribution in [3.8, 4) is 11.5 Å². The SMILES string of the molecule is CCCC1=NN(c2ccc(S(=O)(=O)O)cc2)C(=O)C1=Cc1ccc(OCCOc2ccc(C=C3C(=O)N(c4ccc(S(=O)(=O)O)cc4)N=C3CCC)cc2)cc1. The minimum absolute atomic E-state index is 0.260. The summed E-state index contributed by atoms with van der Waals surface area (Å²) < 4.78 is 75.9. The van der Waals surface area contributed by atoms with Crippen LogP contribution in [0.1, 0.15) is 50.7 Å². The topological polar surface area (TPSA) is 193 Å². The molecule has 0 fully saturated rings. The van der Waals surface area contributed by atoms with Crippen molar-refractivity contribution >= 4 is 67.0 Å². The number of benzene rings is 4. The second-order valence-corrected chi connectivity index (χ2v) is 15.6.